The lowest BCUT2D eigenvalue weighted by Gasteiger charge is -2.32. The second-order valence-corrected chi connectivity index (χ2v) is 15.6. The number of nitrogens with zero attached hydrogens (tertiary/aromatic N) is 2. The smallest absolute Gasteiger partial charge is 0.490 e. The molecule has 1 saturated heterocycles. The summed E-state index contributed by atoms with van der Waals surface area (Å²) in [5, 5.41) is 22.4. The number of benzene rings is 1. The number of hydrogen-bond acceptors (Lipinski definition) is 14. The van der Waals surface area contributed by atoms with E-state index in [4.69, 9.17) is 24.0 Å². The number of aliphatic hydroxyl groups is 1. The fourth-order valence-corrected chi connectivity index (χ4v) is 7.53. The molecule has 21 nitrogen and oxygen atoms in total. The highest BCUT2D eigenvalue weighted by atomic mass is 31.3. The Hall–Kier alpha value is -2.77. The summed E-state index contributed by atoms with van der Waals surface area (Å²) in [6.07, 6.45) is -3.65. The van der Waals surface area contributed by atoms with Crippen molar-refractivity contribution in [2.45, 2.75) is 58.2 Å². The molecule has 2 aromatic rings. The van der Waals surface area contributed by atoms with Gasteiger partial charge in [-0.3, -0.25) is 29.0 Å². The molecule has 2 unspecified atom stereocenters. The van der Waals surface area contributed by atoms with Crippen LogP contribution in [0.1, 0.15) is 45.8 Å². The van der Waals surface area contributed by atoms with Crippen molar-refractivity contribution < 1.29 is 70.7 Å². The van der Waals surface area contributed by atoms with E-state index in [2.05, 4.69) is 13.1 Å². The molecule has 0 saturated carbocycles. The second kappa shape index (κ2) is 13.4. The molecule has 0 spiro atoms. The van der Waals surface area contributed by atoms with Gasteiger partial charge in [-0.25, -0.2) is 18.5 Å². The molecule has 6 N–H and O–H groups in total. The van der Waals surface area contributed by atoms with E-state index >= 15 is 0 Å². The number of nitro groups is 1. The van der Waals surface area contributed by atoms with Crippen LogP contribution in [0.5, 0.6) is 11.5 Å². The number of phosphoric ester groups is 1. The summed E-state index contributed by atoms with van der Waals surface area (Å²) in [4.78, 5) is 75.3. The Bertz CT molecular complexity index is 1730. The van der Waals surface area contributed by atoms with Gasteiger partial charge in [0.25, 0.3) is 11.2 Å². The number of aromatic amines is 1. The average molecular weight is 719 g/mol. The molecule has 6 atom stereocenters. The number of hydrogen-bond donors (Lipinski definition) is 6. The second-order valence-electron chi connectivity index (χ2n) is 11.2. The molecule has 0 radical (unpaired) electrons. The Labute approximate surface area is 259 Å². The maximum absolute atomic E-state index is 12.9. The van der Waals surface area contributed by atoms with E-state index in [0.717, 1.165) is 10.8 Å². The minimum atomic E-state index is -5.80. The molecule has 24 heteroatoms. The number of methoxy groups -OCH3 is 1. The van der Waals surface area contributed by atoms with Crippen LogP contribution < -0.4 is 20.7 Å². The summed E-state index contributed by atoms with van der Waals surface area (Å²) >= 11 is 0. The first-order chi connectivity index (χ1) is 20.9. The van der Waals surface area contributed by atoms with Gasteiger partial charge in [0.2, 0.25) is 5.75 Å². The first kappa shape index (κ1) is 37.7. The zero-order chi connectivity index (χ0) is 35.0. The third-order valence-electron chi connectivity index (χ3n) is 6.40. The summed E-state index contributed by atoms with van der Waals surface area (Å²) in [6, 6.07) is 3.95. The summed E-state index contributed by atoms with van der Waals surface area (Å²) in [6.45, 7) is 5.33. The van der Waals surface area contributed by atoms with Crippen LogP contribution >= 0.6 is 23.5 Å². The molecule has 0 aliphatic carbocycles. The Morgan fingerprint density at radius 1 is 1.15 bits per heavy atom. The van der Waals surface area contributed by atoms with E-state index < -0.39 is 87.9 Å². The highest BCUT2D eigenvalue weighted by molar-refractivity contribution is 7.66. The van der Waals surface area contributed by atoms with Crippen molar-refractivity contribution in [1.82, 2.24) is 9.55 Å². The molecule has 0 amide bonds. The first-order valence-corrected chi connectivity index (χ1v) is 17.4. The zero-order valence-corrected chi connectivity index (χ0v) is 27.4. The minimum absolute atomic E-state index is 0.0548. The minimum Gasteiger partial charge on any atom is -0.497 e. The number of aromatic nitrogens is 2. The standard InChI is InChI=1S/C22H32N3O18P3/c1-21(2,3)18(13-8-12(38-5)6-7-14(13)25(29)30)40-16-10-24(20(28)23-19(16)27)22(4)9-15(26)17(41-22)11-39-45(34,35)43-46(36,37)42-44(31,32)33/h6-8,10,15,17-18,26H,9,11H2,1-5H3,(H,34,35)(H,36,37)(H,23,27,28)(H2,31,32,33)/t15-,17+,18+,22+/m0/s1. The van der Waals surface area contributed by atoms with E-state index in [1.807, 2.05) is 4.98 Å². The number of H-pyrrole nitrogens is 1. The van der Waals surface area contributed by atoms with E-state index in [9.17, 15) is 48.3 Å². The van der Waals surface area contributed by atoms with Crippen molar-refractivity contribution in [1.29, 1.82) is 0 Å². The van der Waals surface area contributed by atoms with E-state index in [-0.39, 0.29) is 17.0 Å². The SMILES string of the molecule is COc1ccc([N+](=O)[O-])c([C@@H](Oc2cn([C@@]3(C)C[C@H](O)[C@@H](COP(=O)(O)OP(=O)(O)OP(=O)(O)O)O3)c(=O)[nH]c2=O)C(C)(C)C)c1. The fraction of sp³-hybridized carbons (Fsp3) is 0.545. The topological polar surface area (TPSA) is 306 Å². The van der Waals surface area contributed by atoms with Gasteiger partial charge in [0.05, 0.1) is 36.5 Å². The number of phosphoric acid groups is 3. The third kappa shape index (κ3) is 9.41. The van der Waals surface area contributed by atoms with E-state index in [0.29, 0.717) is 0 Å². The molecule has 1 aromatic heterocycles. The molecule has 0 bridgehead atoms. The van der Waals surface area contributed by atoms with Crippen LogP contribution in [-0.4, -0.2) is 65.1 Å². The molecule has 3 rings (SSSR count). The normalized spacial score (nSPS) is 23.7. The van der Waals surface area contributed by atoms with Gasteiger partial charge in [0.1, 0.15) is 23.7 Å². The number of ether oxygens (including phenoxy) is 3. The van der Waals surface area contributed by atoms with Crippen molar-refractivity contribution in [3.63, 3.8) is 0 Å². The molecular weight excluding hydrogens is 687 g/mol. The van der Waals surface area contributed by atoms with Gasteiger partial charge in [0.15, 0.2) is 0 Å². The summed E-state index contributed by atoms with van der Waals surface area (Å²) in [7, 11) is -15.6. The first-order valence-electron chi connectivity index (χ1n) is 12.9. The van der Waals surface area contributed by atoms with Crippen molar-refractivity contribution in [2.24, 2.45) is 5.41 Å². The zero-order valence-electron chi connectivity index (χ0n) is 24.7. The lowest BCUT2D eigenvalue weighted by molar-refractivity contribution is -0.386. The lowest BCUT2D eigenvalue weighted by Crippen LogP contribution is -2.43. The Morgan fingerprint density at radius 3 is 2.33 bits per heavy atom. The predicted octanol–water partition coefficient (Wildman–Crippen LogP) is 1.79. The van der Waals surface area contributed by atoms with Crippen LogP contribution in [0.2, 0.25) is 0 Å². The Balaban J connectivity index is 1.91. The number of nitro benzene ring substituents is 1. The number of rotatable bonds is 13. The number of aliphatic hydroxyl groups excluding tert-OH is 1. The van der Waals surface area contributed by atoms with Crippen LogP contribution in [0.15, 0.2) is 34.0 Å². The van der Waals surface area contributed by atoms with Crippen LogP contribution in [-0.2, 0) is 37.3 Å². The largest absolute Gasteiger partial charge is 0.497 e. The maximum atomic E-state index is 12.9. The quantitative estimate of drug-likeness (QED) is 0.0976. The summed E-state index contributed by atoms with van der Waals surface area (Å²) < 4.78 is 64.0. The van der Waals surface area contributed by atoms with Gasteiger partial charge in [-0.15, -0.1) is 0 Å². The van der Waals surface area contributed by atoms with E-state index in [1.54, 1.807) is 20.8 Å². The van der Waals surface area contributed by atoms with Gasteiger partial charge < -0.3 is 38.9 Å². The molecule has 1 fully saturated rings. The molecule has 1 aliphatic heterocycles. The van der Waals surface area contributed by atoms with Gasteiger partial charge >= 0.3 is 29.2 Å². The van der Waals surface area contributed by atoms with Crippen LogP contribution in [0.25, 0.3) is 0 Å². The molecule has 258 valence electrons. The van der Waals surface area contributed by atoms with Crippen LogP contribution in [0.4, 0.5) is 5.69 Å². The maximum Gasteiger partial charge on any atom is 0.490 e. The van der Waals surface area contributed by atoms with Gasteiger partial charge in [-0.2, -0.15) is 8.62 Å². The third-order valence-corrected chi connectivity index (χ3v) is 10.2. The van der Waals surface area contributed by atoms with Crippen molar-refractivity contribution in [2.75, 3.05) is 13.7 Å². The van der Waals surface area contributed by atoms with E-state index in [1.165, 1.54) is 32.2 Å². The molecular formula is C22H32N3O18P3. The Kier molecular flexibility index (Phi) is 11.0. The van der Waals surface area contributed by atoms with Crippen molar-refractivity contribution in [3.8, 4) is 11.5 Å². The number of nitrogens with one attached hydrogen (secondary N) is 1. The average Bonchev–Trinajstić information content (AvgIpc) is 3.17. The van der Waals surface area contributed by atoms with Gasteiger partial charge in [-0.1, -0.05) is 20.8 Å². The summed E-state index contributed by atoms with van der Waals surface area (Å²) in [5.41, 5.74) is -5.00. The van der Waals surface area contributed by atoms with Crippen LogP contribution in [0.3, 0.4) is 0 Å². The molecule has 46 heavy (non-hydrogen) atoms. The summed E-state index contributed by atoms with van der Waals surface area (Å²) in [5.74, 6) is -0.215. The van der Waals surface area contributed by atoms with Gasteiger partial charge in [0, 0.05) is 17.9 Å². The molecule has 2 heterocycles. The fourth-order valence-electron chi connectivity index (χ4n) is 4.50. The molecule has 1 aliphatic rings. The van der Waals surface area contributed by atoms with Crippen molar-refractivity contribution >= 4 is 29.2 Å². The van der Waals surface area contributed by atoms with Crippen molar-refractivity contribution in [3.05, 3.63) is 60.9 Å². The van der Waals surface area contributed by atoms with Crippen LogP contribution in [0, 0.1) is 15.5 Å². The predicted molar refractivity (Wildman–Crippen MR) is 153 cm³/mol. The highest BCUT2D eigenvalue weighted by Crippen LogP contribution is 2.66. The monoisotopic (exact) mass is 719 g/mol. The highest BCUT2D eigenvalue weighted by Gasteiger charge is 2.47. The Morgan fingerprint density at radius 2 is 1.78 bits per heavy atom. The lowest BCUT2D eigenvalue weighted by atomic mass is 9.83. The molecule has 1 aromatic carbocycles. The van der Waals surface area contributed by atoms with Gasteiger partial charge in [-0.05, 0) is 19.1 Å².